The van der Waals surface area contributed by atoms with Crippen molar-refractivity contribution >= 4 is 27.8 Å². The van der Waals surface area contributed by atoms with E-state index in [9.17, 15) is 4.79 Å². The van der Waals surface area contributed by atoms with E-state index < -0.39 is 0 Å². The van der Waals surface area contributed by atoms with Gasteiger partial charge in [-0.25, -0.2) is 0 Å². The van der Waals surface area contributed by atoms with Crippen molar-refractivity contribution in [3.63, 3.8) is 0 Å². The van der Waals surface area contributed by atoms with Gasteiger partial charge in [-0.3, -0.25) is 4.79 Å². The van der Waals surface area contributed by atoms with Gasteiger partial charge in [0.25, 0.3) is 0 Å². The van der Waals surface area contributed by atoms with Crippen molar-refractivity contribution in [2.45, 2.75) is 4.90 Å². The van der Waals surface area contributed by atoms with Crippen molar-refractivity contribution in [2.75, 3.05) is 0 Å². The molecule has 0 spiro atoms. The van der Waals surface area contributed by atoms with Gasteiger partial charge in [0.05, 0.1) is 5.69 Å². The van der Waals surface area contributed by atoms with Crippen LogP contribution in [0.2, 0.25) is 0 Å². The molecule has 0 unspecified atom stereocenters. The second-order valence-electron chi connectivity index (χ2n) is 3.97. The van der Waals surface area contributed by atoms with Crippen molar-refractivity contribution in [3.8, 4) is 0 Å². The van der Waals surface area contributed by atoms with E-state index in [0.29, 0.717) is 5.69 Å². The van der Waals surface area contributed by atoms with Gasteiger partial charge in [0.15, 0.2) is 0 Å². The Morgan fingerprint density at radius 3 is 2.44 bits per heavy atom. The molecule has 2 nitrogen and oxygen atoms in total. The zero-order valence-electron chi connectivity index (χ0n) is 9.59. The highest BCUT2D eigenvalue weighted by molar-refractivity contribution is 8.14. The first-order valence-corrected chi connectivity index (χ1v) is 6.49. The minimum absolute atomic E-state index is 0.0393. The summed E-state index contributed by atoms with van der Waals surface area (Å²) in [6.45, 7) is 0. The normalized spacial score (nSPS) is 10.7. The molecule has 0 atom stereocenters. The number of hydrogen-bond acceptors (Lipinski definition) is 2. The summed E-state index contributed by atoms with van der Waals surface area (Å²) >= 11 is 1.24. The molecule has 0 aliphatic carbocycles. The van der Waals surface area contributed by atoms with E-state index in [1.54, 1.807) is 0 Å². The van der Waals surface area contributed by atoms with Crippen molar-refractivity contribution in [2.24, 2.45) is 0 Å². The van der Waals surface area contributed by atoms with Gasteiger partial charge >= 0.3 is 0 Å². The second-order valence-corrected chi connectivity index (χ2v) is 5.02. The van der Waals surface area contributed by atoms with E-state index in [1.807, 2.05) is 60.7 Å². The molecule has 1 aromatic heterocycles. The maximum atomic E-state index is 12.1. The number of aromatic amines is 1. The summed E-state index contributed by atoms with van der Waals surface area (Å²) in [6.07, 6.45) is 0. The maximum Gasteiger partial charge on any atom is 0.240 e. The third-order valence-corrected chi connectivity index (χ3v) is 3.62. The van der Waals surface area contributed by atoms with Gasteiger partial charge in [0.1, 0.15) is 0 Å². The lowest BCUT2D eigenvalue weighted by molar-refractivity contribution is 0.108. The van der Waals surface area contributed by atoms with Crippen LogP contribution in [-0.2, 0) is 0 Å². The van der Waals surface area contributed by atoms with E-state index in [4.69, 9.17) is 0 Å². The molecule has 0 fully saturated rings. The SMILES string of the molecule is O=C(Sc1ccccc1)c1cc2ccccc2[nH]1. The molecule has 0 radical (unpaired) electrons. The Bertz CT molecular complexity index is 655. The predicted octanol–water partition coefficient (Wildman–Crippen LogP) is 4.10. The largest absolute Gasteiger partial charge is 0.351 e. The topological polar surface area (TPSA) is 32.9 Å². The molecular weight excluding hydrogens is 242 g/mol. The second kappa shape index (κ2) is 4.70. The van der Waals surface area contributed by atoms with E-state index in [-0.39, 0.29) is 5.12 Å². The molecule has 0 saturated carbocycles. The molecule has 0 bridgehead atoms. The Morgan fingerprint density at radius 2 is 1.67 bits per heavy atom. The fraction of sp³-hybridized carbons (Fsp3) is 0. The summed E-state index contributed by atoms with van der Waals surface area (Å²) in [5, 5.41) is 1.10. The van der Waals surface area contributed by atoms with Crippen LogP contribution in [0.5, 0.6) is 0 Å². The first-order chi connectivity index (χ1) is 8.83. The van der Waals surface area contributed by atoms with Crippen LogP contribution in [-0.4, -0.2) is 10.1 Å². The molecule has 3 heteroatoms. The van der Waals surface area contributed by atoms with Crippen LogP contribution in [0.15, 0.2) is 65.6 Å². The molecule has 0 amide bonds. The highest BCUT2D eigenvalue weighted by Crippen LogP contribution is 2.24. The molecule has 3 rings (SSSR count). The molecule has 88 valence electrons. The average molecular weight is 253 g/mol. The molecule has 3 aromatic rings. The van der Waals surface area contributed by atoms with Gasteiger partial charge < -0.3 is 4.98 Å². The molecule has 2 aromatic carbocycles. The van der Waals surface area contributed by atoms with Crippen LogP contribution < -0.4 is 0 Å². The Hall–Kier alpha value is -2.00. The monoisotopic (exact) mass is 253 g/mol. The highest BCUT2D eigenvalue weighted by atomic mass is 32.2. The van der Waals surface area contributed by atoms with Crippen LogP contribution in [0.3, 0.4) is 0 Å². The van der Waals surface area contributed by atoms with Crippen LogP contribution in [0.4, 0.5) is 0 Å². The highest BCUT2D eigenvalue weighted by Gasteiger charge is 2.10. The van der Waals surface area contributed by atoms with Crippen molar-refractivity contribution < 1.29 is 4.79 Å². The number of para-hydroxylation sites is 1. The molecule has 0 aliphatic rings. The number of nitrogens with one attached hydrogen (secondary N) is 1. The van der Waals surface area contributed by atoms with Crippen molar-refractivity contribution in [1.29, 1.82) is 0 Å². The van der Waals surface area contributed by atoms with Crippen LogP contribution >= 0.6 is 11.8 Å². The summed E-state index contributed by atoms with van der Waals surface area (Å²) in [7, 11) is 0. The number of carbonyl (C=O) groups is 1. The zero-order chi connectivity index (χ0) is 12.4. The molecule has 1 heterocycles. The summed E-state index contributed by atoms with van der Waals surface area (Å²) in [6, 6.07) is 19.5. The third-order valence-electron chi connectivity index (χ3n) is 2.70. The van der Waals surface area contributed by atoms with Crippen molar-refractivity contribution in [1.82, 2.24) is 4.98 Å². The van der Waals surface area contributed by atoms with Gasteiger partial charge in [-0.2, -0.15) is 0 Å². The predicted molar refractivity (Wildman–Crippen MR) is 74.9 cm³/mol. The lowest BCUT2D eigenvalue weighted by Crippen LogP contribution is -1.92. The smallest absolute Gasteiger partial charge is 0.240 e. The van der Waals surface area contributed by atoms with Gasteiger partial charge in [-0.1, -0.05) is 36.4 Å². The van der Waals surface area contributed by atoms with Crippen molar-refractivity contribution in [3.05, 3.63) is 66.4 Å². The first-order valence-electron chi connectivity index (χ1n) is 5.68. The Kier molecular flexibility index (Phi) is 2.90. The number of fused-ring (bicyclic) bond motifs is 1. The van der Waals surface area contributed by atoms with E-state index >= 15 is 0 Å². The lowest BCUT2D eigenvalue weighted by atomic mass is 10.2. The van der Waals surface area contributed by atoms with Crippen LogP contribution in [0.25, 0.3) is 10.9 Å². The van der Waals surface area contributed by atoms with Gasteiger partial charge in [0.2, 0.25) is 5.12 Å². The van der Waals surface area contributed by atoms with Crippen LogP contribution in [0.1, 0.15) is 10.5 Å². The molecule has 0 saturated heterocycles. The standard InChI is InChI=1S/C15H11NOS/c17-15(18-12-7-2-1-3-8-12)14-10-11-6-4-5-9-13(11)16-14/h1-10,16H. The Morgan fingerprint density at radius 1 is 0.944 bits per heavy atom. The minimum atomic E-state index is 0.0393. The van der Waals surface area contributed by atoms with Gasteiger partial charge in [-0.05, 0) is 36.0 Å². The van der Waals surface area contributed by atoms with E-state index in [0.717, 1.165) is 15.8 Å². The van der Waals surface area contributed by atoms with Crippen LogP contribution in [0, 0.1) is 0 Å². The summed E-state index contributed by atoms with van der Waals surface area (Å²) < 4.78 is 0. The fourth-order valence-corrected chi connectivity index (χ4v) is 2.56. The lowest BCUT2D eigenvalue weighted by Gasteiger charge is -1.97. The number of H-pyrrole nitrogens is 1. The summed E-state index contributed by atoms with van der Waals surface area (Å²) in [5.41, 5.74) is 1.64. The molecule has 1 N–H and O–H groups in total. The van der Waals surface area contributed by atoms with E-state index in [1.165, 1.54) is 11.8 Å². The number of aromatic nitrogens is 1. The quantitative estimate of drug-likeness (QED) is 0.697. The fourth-order valence-electron chi connectivity index (χ4n) is 1.83. The zero-order valence-corrected chi connectivity index (χ0v) is 10.4. The third kappa shape index (κ3) is 2.17. The Balaban J connectivity index is 1.88. The summed E-state index contributed by atoms with van der Waals surface area (Å²) in [4.78, 5) is 16.2. The summed E-state index contributed by atoms with van der Waals surface area (Å²) in [5.74, 6) is 0. The van der Waals surface area contributed by atoms with Gasteiger partial charge in [0, 0.05) is 15.8 Å². The van der Waals surface area contributed by atoms with Gasteiger partial charge in [-0.15, -0.1) is 0 Å². The minimum Gasteiger partial charge on any atom is -0.351 e. The van der Waals surface area contributed by atoms with E-state index in [2.05, 4.69) is 4.98 Å². The number of hydrogen-bond donors (Lipinski definition) is 1. The number of carbonyl (C=O) groups excluding carboxylic acids is 1. The number of thioether (sulfide) groups is 1. The first kappa shape index (κ1) is 11.1. The average Bonchev–Trinajstić information content (AvgIpc) is 2.84. The number of benzene rings is 2. The maximum absolute atomic E-state index is 12.1. The molecule has 18 heavy (non-hydrogen) atoms. The number of rotatable bonds is 2. The Labute approximate surface area is 109 Å². The molecular formula is C15H11NOS. The molecule has 0 aliphatic heterocycles.